The van der Waals surface area contributed by atoms with Crippen molar-refractivity contribution in [2.75, 3.05) is 13.7 Å². The predicted molar refractivity (Wildman–Crippen MR) is 114 cm³/mol. The molecule has 2 amide bonds. The van der Waals surface area contributed by atoms with Crippen molar-refractivity contribution in [3.05, 3.63) is 63.9 Å². The molecule has 0 spiro atoms. The van der Waals surface area contributed by atoms with Crippen LogP contribution in [0, 0.1) is 6.92 Å². The van der Waals surface area contributed by atoms with E-state index in [4.69, 9.17) is 16.3 Å². The number of hydrogen-bond acceptors (Lipinski definition) is 4. The maximum absolute atomic E-state index is 13.6. The van der Waals surface area contributed by atoms with Crippen LogP contribution in [0.2, 0.25) is 5.02 Å². The van der Waals surface area contributed by atoms with Crippen LogP contribution in [0.25, 0.3) is 0 Å². The fraction of sp³-hybridized carbons (Fsp3) is 0.435. The minimum Gasteiger partial charge on any atom is -0.364 e. The third kappa shape index (κ3) is 3.59. The van der Waals surface area contributed by atoms with Crippen molar-refractivity contribution in [3.8, 4) is 0 Å². The van der Waals surface area contributed by atoms with Gasteiger partial charge in [-0.15, -0.1) is 0 Å². The molecule has 1 fully saturated rings. The molecule has 1 N–H and O–H groups in total. The Morgan fingerprint density at radius 1 is 1.37 bits per heavy atom. The quantitative estimate of drug-likeness (QED) is 0.795. The number of carbonyl (C=O) groups is 2. The summed E-state index contributed by atoms with van der Waals surface area (Å²) in [6.45, 7) is 2.91. The molecule has 1 aliphatic carbocycles. The fourth-order valence-corrected chi connectivity index (χ4v) is 4.80. The molecule has 2 atom stereocenters. The average Bonchev–Trinajstić information content (AvgIpc) is 3.39. The van der Waals surface area contributed by atoms with Crippen LogP contribution in [0.3, 0.4) is 0 Å². The van der Waals surface area contributed by atoms with Crippen molar-refractivity contribution in [1.29, 1.82) is 0 Å². The number of methoxy groups -OCH3 is 1. The number of carbonyl (C=O) groups excluding carboxylic acids is 2. The standard InChI is InChI=1S/C23H26ClN3O3/c1-15-7-8-17(24)13-16(15)14-26-21(28)20-6-4-12-27(20)22(29)23(30-2)10-9-19-18(23)5-3-11-25-19/h3,5,7-8,11,13,20H,4,6,9-10,12,14H2,1-2H3,(H,26,28). The van der Waals surface area contributed by atoms with Crippen LogP contribution in [0.15, 0.2) is 36.5 Å². The van der Waals surface area contributed by atoms with E-state index in [2.05, 4.69) is 10.3 Å². The van der Waals surface area contributed by atoms with Crippen LogP contribution in [-0.2, 0) is 32.9 Å². The van der Waals surface area contributed by atoms with E-state index in [1.165, 1.54) is 0 Å². The van der Waals surface area contributed by atoms with Gasteiger partial charge in [-0.2, -0.15) is 0 Å². The lowest BCUT2D eigenvalue weighted by atomic mass is 9.94. The average molecular weight is 428 g/mol. The molecule has 1 aliphatic heterocycles. The number of rotatable bonds is 5. The lowest BCUT2D eigenvalue weighted by molar-refractivity contribution is -0.159. The first-order valence-electron chi connectivity index (χ1n) is 10.3. The highest BCUT2D eigenvalue weighted by Crippen LogP contribution is 2.41. The zero-order valence-electron chi connectivity index (χ0n) is 17.3. The molecular weight excluding hydrogens is 402 g/mol. The van der Waals surface area contributed by atoms with Crippen molar-refractivity contribution in [2.24, 2.45) is 0 Å². The van der Waals surface area contributed by atoms with Crippen molar-refractivity contribution >= 4 is 23.4 Å². The monoisotopic (exact) mass is 427 g/mol. The van der Waals surface area contributed by atoms with Gasteiger partial charge in [-0.25, -0.2) is 0 Å². The summed E-state index contributed by atoms with van der Waals surface area (Å²) in [6.07, 6.45) is 4.40. The lowest BCUT2D eigenvalue weighted by Crippen LogP contribution is -2.53. The molecule has 7 heteroatoms. The Morgan fingerprint density at radius 3 is 3.00 bits per heavy atom. The Morgan fingerprint density at radius 2 is 2.20 bits per heavy atom. The third-order valence-electron chi connectivity index (χ3n) is 6.31. The summed E-state index contributed by atoms with van der Waals surface area (Å²) in [7, 11) is 1.56. The van der Waals surface area contributed by atoms with Gasteiger partial charge in [-0.05, 0) is 61.9 Å². The van der Waals surface area contributed by atoms with E-state index in [0.717, 1.165) is 28.8 Å². The highest BCUT2D eigenvalue weighted by Gasteiger charge is 2.51. The van der Waals surface area contributed by atoms with Gasteiger partial charge < -0.3 is 15.0 Å². The second-order valence-electron chi connectivity index (χ2n) is 7.97. The Balaban J connectivity index is 1.51. The summed E-state index contributed by atoms with van der Waals surface area (Å²) >= 11 is 6.08. The van der Waals surface area contributed by atoms with Crippen molar-refractivity contribution in [3.63, 3.8) is 0 Å². The Kier molecular flexibility index (Phi) is 5.80. The number of nitrogens with zero attached hydrogens (tertiary/aromatic N) is 2. The first kappa shape index (κ1) is 20.8. The van der Waals surface area contributed by atoms with E-state index in [1.807, 2.05) is 37.3 Å². The van der Waals surface area contributed by atoms with Crippen LogP contribution >= 0.6 is 11.6 Å². The lowest BCUT2D eigenvalue weighted by Gasteiger charge is -2.34. The number of amides is 2. The number of hydrogen-bond donors (Lipinski definition) is 1. The van der Waals surface area contributed by atoms with Crippen LogP contribution in [-0.4, -0.2) is 41.4 Å². The van der Waals surface area contributed by atoms with Gasteiger partial charge in [0.15, 0.2) is 5.60 Å². The molecule has 1 saturated heterocycles. The summed E-state index contributed by atoms with van der Waals surface area (Å²) < 4.78 is 5.81. The number of aromatic nitrogens is 1. The predicted octanol–water partition coefficient (Wildman–Crippen LogP) is 3.14. The van der Waals surface area contributed by atoms with Crippen molar-refractivity contribution in [2.45, 2.75) is 50.8 Å². The summed E-state index contributed by atoms with van der Waals surface area (Å²) in [5, 5.41) is 3.63. The van der Waals surface area contributed by atoms with Crippen LogP contribution < -0.4 is 5.32 Å². The minimum absolute atomic E-state index is 0.143. The van der Waals surface area contributed by atoms with Crippen LogP contribution in [0.5, 0.6) is 0 Å². The first-order valence-corrected chi connectivity index (χ1v) is 10.7. The van der Waals surface area contributed by atoms with E-state index in [1.54, 1.807) is 18.2 Å². The maximum atomic E-state index is 13.6. The summed E-state index contributed by atoms with van der Waals surface area (Å²) in [5.41, 5.74) is 2.68. The third-order valence-corrected chi connectivity index (χ3v) is 6.55. The topological polar surface area (TPSA) is 71.5 Å². The van der Waals surface area contributed by atoms with Gasteiger partial charge in [-0.1, -0.05) is 23.7 Å². The molecule has 0 bridgehead atoms. The molecule has 4 rings (SSSR count). The van der Waals surface area contributed by atoms with Gasteiger partial charge in [0.2, 0.25) is 5.91 Å². The molecule has 6 nitrogen and oxygen atoms in total. The number of aryl methyl sites for hydroxylation is 2. The maximum Gasteiger partial charge on any atom is 0.260 e. The Hall–Kier alpha value is -2.44. The molecule has 2 aliphatic rings. The van der Waals surface area contributed by atoms with E-state index >= 15 is 0 Å². The van der Waals surface area contributed by atoms with Gasteiger partial charge in [-0.3, -0.25) is 14.6 Å². The highest BCUT2D eigenvalue weighted by atomic mass is 35.5. The Bertz CT molecular complexity index is 980. The second kappa shape index (κ2) is 8.36. The molecule has 30 heavy (non-hydrogen) atoms. The molecule has 1 aromatic carbocycles. The molecule has 2 aromatic rings. The number of pyridine rings is 1. The largest absolute Gasteiger partial charge is 0.364 e. The second-order valence-corrected chi connectivity index (χ2v) is 8.41. The van der Waals surface area contributed by atoms with Gasteiger partial charge in [0.05, 0.1) is 0 Å². The molecule has 0 saturated carbocycles. The minimum atomic E-state index is -1.06. The van der Waals surface area contributed by atoms with Crippen LogP contribution in [0.1, 0.15) is 41.6 Å². The molecule has 0 radical (unpaired) electrons. The number of likely N-dealkylation sites (tertiary alicyclic amines) is 1. The van der Waals surface area contributed by atoms with E-state index in [-0.39, 0.29) is 11.8 Å². The van der Waals surface area contributed by atoms with E-state index < -0.39 is 11.6 Å². The molecule has 2 unspecified atom stereocenters. The van der Waals surface area contributed by atoms with E-state index in [0.29, 0.717) is 37.4 Å². The summed E-state index contributed by atoms with van der Waals surface area (Å²) in [5.74, 6) is -0.288. The number of ether oxygens (including phenoxy) is 1. The Labute approximate surface area is 181 Å². The zero-order valence-corrected chi connectivity index (χ0v) is 18.0. The van der Waals surface area contributed by atoms with E-state index in [9.17, 15) is 9.59 Å². The SMILES string of the molecule is COC1(C(=O)N2CCCC2C(=O)NCc2cc(Cl)ccc2C)CCc2ncccc21. The number of nitrogens with one attached hydrogen (secondary N) is 1. The van der Waals surface area contributed by atoms with Crippen molar-refractivity contribution in [1.82, 2.24) is 15.2 Å². The van der Waals surface area contributed by atoms with Gasteiger partial charge in [0.1, 0.15) is 6.04 Å². The molecule has 1 aromatic heterocycles. The van der Waals surface area contributed by atoms with Gasteiger partial charge in [0.25, 0.3) is 5.91 Å². The summed E-state index contributed by atoms with van der Waals surface area (Å²) in [6, 6.07) is 8.86. The number of halogens is 1. The highest BCUT2D eigenvalue weighted by molar-refractivity contribution is 6.30. The molecule has 158 valence electrons. The van der Waals surface area contributed by atoms with Gasteiger partial charge >= 0.3 is 0 Å². The van der Waals surface area contributed by atoms with Crippen LogP contribution in [0.4, 0.5) is 0 Å². The normalized spacial score (nSPS) is 22.8. The van der Waals surface area contributed by atoms with Gasteiger partial charge in [0, 0.05) is 42.7 Å². The smallest absolute Gasteiger partial charge is 0.260 e. The fourth-order valence-electron chi connectivity index (χ4n) is 4.60. The van der Waals surface area contributed by atoms with Crippen molar-refractivity contribution < 1.29 is 14.3 Å². The number of fused-ring (bicyclic) bond motifs is 1. The number of benzene rings is 1. The summed E-state index contributed by atoms with van der Waals surface area (Å²) in [4.78, 5) is 32.7. The molecule has 2 heterocycles. The zero-order chi connectivity index (χ0) is 21.3. The first-order chi connectivity index (χ1) is 14.5. The molecular formula is C23H26ClN3O3.